The number of rotatable bonds is 6. The summed E-state index contributed by atoms with van der Waals surface area (Å²) in [5.41, 5.74) is 1.12. The van der Waals surface area contributed by atoms with Gasteiger partial charge >= 0.3 is 0 Å². The van der Waals surface area contributed by atoms with Crippen molar-refractivity contribution in [1.29, 1.82) is 0 Å². The van der Waals surface area contributed by atoms with Gasteiger partial charge in [0.05, 0.1) is 6.61 Å². The number of aliphatic hydroxyl groups excluding tert-OH is 1. The van der Waals surface area contributed by atoms with E-state index >= 15 is 0 Å². The van der Waals surface area contributed by atoms with Crippen molar-refractivity contribution in [3.05, 3.63) is 11.4 Å². The van der Waals surface area contributed by atoms with Crippen molar-refractivity contribution in [3.63, 3.8) is 0 Å². The van der Waals surface area contributed by atoms with Gasteiger partial charge < -0.3 is 15.3 Å². The average Bonchev–Trinajstić information content (AvgIpc) is 2.50. The highest BCUT2D eigenvalue weighted by atomic mass is 16.3. The predicted molar refractivity (Wildman–Crippen MR) is 86.0 cm³/mol. The zero-order valence-electron chi connectivity index (χ0n) is 13.4. The molecule has 0 spiro atoms. The lowest BCUT2D eigenvalue weighted by molar-refractivity contribution is 0.188. The smallest absolute Gasteiger partial charge is 0.137 e. The Morgan fingerprint density at radius 3 is 2.48 bits per heavy atom. The van der Waals surface area contributed by atoms with Crippen LogP contribution in [0.15, 0.2) is 0 Å². The first-order valence-electron chi connectivity index (χ1n) is 7.83. The molecule has 118 valence electrons. The molecule has 2 rings (SSSR count). The minimum absolute atomic E-state index is 0.233. The average molecular weight is 293 g/mol. The van der Waals surface area contributed by atoms with Gasteiger partial charge in [0.25, 0.3) is 0 Å². The highest BCUT2D eigenvalue weighted by Crippen LogP contribution is 2.24. The van der Waals surface area contributed by atoms with Crippen LogP contribution in [0.4, 0.5) is 11.6 Å². The fraction of sp³-hybridized carbons (Fsp3) is 0.733. The second-order valence-electron chi connectivity index (χ2n) is 5.49. The maximum Gasteiger partial charge on any atom is 0.137 e. The molecule has 1 fully saturated rings. The van der Waals surface area contributed by atoms with Gasteiger partial charge in [-0.25, -0.2) is 9.97 Å². The lowest BCUT2D eigenvalue weighted by Crippen LogP contribution is -2.47. The summed E-state index contributed by atoms with van der Waals surface area (Å²) in [7, 11) is 1.91. The van der Waals surface area contributed by atoms with Gasteiger partial charge in [-0.3, -0.25) is 4.90 Å². The zero-order valence-corrected chi connectivity index (χ0v) is 13.4. The standard InChI is InChI=1S/C15H27N5O/c1-4-5-13-17-14(16-3)12(2)15(18-13)20-8-6-19(7-9-20)10-11-21/h21H,4-11H2,1-3H3,(H,16,17,18). The molecule has 1 aromatic heterocycles. The first-order valence-corrected chi connectivity index (χ1v) is 7.83. The number of nitrogens with one attached hydrogen (secondary N) is 1. The Morgan fingerprint density at radius 1 is 1.19 bits per heavy atom. The Kier molecular flexibility index (Phi) is 5.76. The molecular formula is C15H27N5O. The molecule has 0 atom stereocenters. The van der Waals surface area contributed by atoms with E-state index in [1.165, 1.54) is 0 Å². The summed E-state index contributed by atoms with van der Waals surface area (Å²) in [5, 5.41) is 12.2. The second kappa shape index (κ2) is 7.56. The number of nitrogens with zero attached hydrogens (tertiary/aromatic N) is 4. The van der Waals surface area contributed by atoms with Crippen molar-refractivity contribution in [2.45, 2.75) is 26.7 Å². The highest BCUT2D eigenvalue weighted by molar-refractivity contribution is 5.58. The van der Waals surface area contributed by atoms with E-state index in [-0.39, 0.29) is 6.61 Å². The summed E-state index contributed by atoms with van der Waals surface area (Å²) >= 11 is 0. The van der Waals surface area contributed by atoms with Gasteiger partial charge in [-0.15, -0.1) is 0 Å². The molecule has 21 heavy (non-hydrogen) atoms. The van der Waals surface area contributed by atoms with E-state index in [9.17, 15) is 0 Å². The number of β-amino-alcohol motifs (C(OH)–C–C–N with tert-alkyl or cyclic N) is 1. The number of hydrogen-bond donors (Lipinski definition) is 2. The molecular weight excluding hydrogens is 266 g/mol. The quantitative estimate of drug-likeness (QED) is 0.812. The minimum Gasteiger partial charge on any atom is -0.395 e. The monoisotopic (exact) mass is 293 g/mol. The number of aryl methyl sites for hydroxylation is 1. The molecule has 0 aromatic carbocycles. The van der Waals surface area contributed by atoms with E-state index in [0.717, 1.165) is 68.6 Å². The van der Waals surface area contributed by atoms with E-state index < -0.39 is 0 Å². The number of anilines is 2. The summed E-state index contributed by atoms with van der Waals surface area (Å²) in [6.45, 7) is 9.08. The lowest BCUT2D eigenvalue weighted by Gasteiger charge is -2.36. The number of hydrogen-bond acceptors (Lipinski definition) is 6. The summed E-state index contributed by atoms with van der Waals surface area (Å²) in [5.74, 6) is 2.91. The van der Waals surface area contributed by atoms with Crippen LogP contribution in [0.1, 0.15) is 24.7 Å². The van der Waals surface area contributed by atoms with Gasteiger partial charge in [0.1, 0.15) is 17.5 Å². The SMILES string of the molecule is CCCc1nc(NC)c(C)c(N2CCN(CCO)CC2)n1. The zero-order chi connectivity index (χ0) is 15.2. The van der Waals surface area contributed by atoms with Crippen LogP contribution in [-0.4, -0.2) is 66.4 Å². The van der Waals surface area contributed by atoms with Crippen LogP contribution in [0.5, 0.6) is 0 Å². The first kappa shape index (κ1) is 16.0. The number of piperazine rings is 1. The Labute approximate surface area is 127 Å². The Morgan fingerprint density at radius 2 is 1.90 bits per heavy atom. The summed E-state index contributed by atoms with van der Waals surface area (Å²) in [6, 6.07) is 0. The van der Waals surface area contributed by atoms with Crippen molar-refractivity contribution in [2.75, 3.05) is 56.6 Å². The van der Waals surface area contributed by atoms with E-state index in [4.69, 9.17) is 10.1 Å². The summed E-state index contributed by atoms with van der Waals surface area (Å²) < 4.78 is 0. The van der Waals surface area contributed by atoms with Gasteiger partial charge in [0, 0.05) is 51.8 Å². The molecule has 6 heteroatoms. The van der Waals surface area contributed by atoms with E-state index in [1.54, 1.807) is 0 Å². The molecule has 0 amide bonds. The molecule has 0 bridgehead atoms. The maximum atomic E-state index is 9.03. The van der Waals surface area contributed by atoms with Crippen LogP contribution in [0.3, 0.4) is 0 Å². The van der Waals surface area contributed by atoms with Crippen molar-refractivity contribution < 1.29 is 5.11 Å². The van der Waals surface area contributed by atoms with Crippen LogP contribution in [-0.2, 0) is 6.42 Å². The molecule has 0 radical (unpaired) electrons. The molecule has 6 nitrogen and oxygen atoms in total. The minimum atomic E-state index is 0.233. The largest absolute Gasteiger partial charge is 0.395 e. The van der Waals surface area contributed by atoms with Crippen LogP contribution < -0.4 is 10.2 Å². The van der Waals surface area contributed by atoms with Crippen molar-refractivity contribution in [1.82, 2.24) is 14.9 Å². The van der Waals surface area contributed by atoms with Gasteiger partial charge in [-0.2, -0.15) is 0 Å². The van der Waals surface area contributed by atoms with Gasteiger partial charge in [-0.05, 0) is 13.3 Å². The second-order valence-corrected chi connectivity index (χ2v) is 5.49. The third kappa shape index (κ3) is 3.83. The van der Waals surface area contributed by atoms with E-state index in [1.807, 2.05) is 7.05 Å². The van der Waals surface area contributed by atoms with Gasteiger partial charge in [-0.1, -0.05) is 6.92 Å². The topological polar surface area (TPSA) is 64.5 Å². The third-order valence-corrected chi connectivity index (χ3v) is 3.96. The first-order chi connectivity index (χ1) is 10.2. The van der Waals surface area contributed by atoms with Crippen molar-refractivity contribution in [3.8, 4) is 0 Å². The Bertz CT molecular complexity index is 458. The molecule has 1 aromatic rings. The summed E-state index contributed by atoms with van der Waals surface area (Å²) in [6.07, 6.45) is 1.96. The van der Waals surface area contributed by atoms with Crippen molar-refractivity contribution in [2.24, 2.45) is 0 Å². The Balaban J connectivity index is 2.17. The predicted octanol–water partition coefficient (Wildman–Crippen LogP) is 0.894. The third-order valence-electron chi connectivity index (χ3n) is 3.96. The molecule has 1 saturated heterocycles. The number of aliphatic hydroxyl groups is 1. The van der Waals surface area contributed by atoms with Gasteiger partial charge in [0.2, 0.25) is 0 Å². The normalized spacial score (nSPS) is 16.3. The highest BCUT2D eigenvalue weighted by Gasteiger charge is 2.21. The van der Waals surface area contributed by atoms with Crippen LogP contribution in [0.2, 0.25) is 0 Å². The van der Waals surface area contributed by atoms with E-state index in [2.05, 4.69) is 33.9 Å². The van der Waals surface area contributed by atoms with Gasteiger partial charge in [0.15, 0.2) is 0 Å². The molecule has 0 unspecified atom stereocenters. The molecule has 0 saturated carbocycles. The fourth-order valence-electron chi connectivity index (χ4n) is 2.76. The maximum absolute atomic E-state index is 9.03. The molecule has 1 aliphatic heterocycles. The van der Waals surface area contributed by atoms with Crippen LogP contribution in [0, 0.1) is 6.92 Å². The molecule has 2 N–H and O–H groups in total. The lowest BCUT2D eigenvalue weighted by atomic mass is 10.2. The van der Waals surface area contributed by atoms with Crippen LogP contribution >= 0.6 is 0 Å². The molecule has 0 aliphatic carbocycles. The molecule has 1 aliphatic rings. The van der Waals surface area contributed by atoms with Crippen LogP contribution in [0.25, 0.3) is 0 Å². The summed E-state index contributed by atoms with van der Waals surface area (Å²) in [4.78, 5) is 14.0. The molecule has 2 heterocycles. The fourth-order valence-corrected chi connectivity index (χ4v) is 2.76. The van der Waals surface area contributed by atoms with Crippen molar-refractivity contribution >= 4 is 11.6 Å². The number of aromatic nitrogens is 2. The van der Waals surface area contributed by atoms with E-state index in [0.29, 0.717) is 0 Å². The Hall–Kier alpha value is -1.40.